The first-order valence-corrected chi connectivity index (χ1v) is 6.72. The molecular formula is C17H21NO. The second-order valence-electron chi connectivity index (χ2n) is 4.68. The van der Waals surface area contributed by atoms with Gasteiger partial charge in [0.25, 0.3) is 0 Å². The summed E-state index contributed by atoms with van der Waals surface area (Å²) >= 11 is 0. The molecule has 0 aliphatic rings. The summed E-state index contributed by atoms with van der Waals surface area (Å²) in [6, 6.07) is 13.0. The molecule has 2 aromatic rings. The fourth-order valence-corrected chi connectivity index (χ4v) is 2.12. The summed E-state index contributed by atoms with van der Waals surface area (Å²) < 4.78 is 5.24. The normalized spacial score (nSPS) is 13.0. The van der Waals surface area contributed by atoms with E-state index < -0.39 is 0 Å². The SMILES string of the molecule is CCNC(C)/C=C/c1ccc2cc(OC)ccc2c1. The Morgan fingerprint density at radius 1 is 1.16 bits per heavy atom. The highest BCUT2D eigenvalue weighted by Gasteiger charge is 1.98. The molecule has 0 aliphatic heterocycles. The van der Waals surface area contributed by atoms with Crippen molar-refractivity contribution < 1.29 is 4.74 Å². The van der Waals surface area contributed by atoms with Crippen molar-refractivity contribution in [1.29, 1.82) is 0 Å². The van der Waals surface area contributed by atoms with E-state index in [9.17, 15) is 0 Å². The van der Waals surface area contributed by atoms with Crippen LogP contribution in [0.15, 0.2) is 42.5 Å². The highest BCUT2D eigenvalue weighted by Crippen LogP contribution is 2.22. The third-order valence-corrected chi connectivity index (χ3v) is 3.17. The van der Waals surface area contributed by atoms with Gasteiger partial charge in [-0.25, -0.2) is 0 Å². The van der Waals surface area contributed by atoms with Gasteiger partial charge < -0.3 is 10.1 Å². The molecule has 0 saturated carbocycles. The van der Waals surface area contributed by atoms with Crippen molar-refractivity contribution in [2.75, 3.05) is 13.7 Å². The summed E-state index contributed by atoms with van der Waals surface area (Å²) in [6.45, 7) is 5.27. The Labute approximate surface area is 115 Å². The molecule has 2 rings (SSSR count). The van der Waals surface area contributed by atoms with E-state index in [1.807, 2.05) is 6.07 Å². The highest BCUT2D eigenvalue weighted by atomic mass is 16.5. The molecule has 0 bridgehead atoms. The number of likely N-dealkylation sites (N-methyl/N-ethyl adjacent to an activating group) is 1. The number of fused-ring (bicyclic) bond motifs is 1. The van der Waals surface area contributed by atoms with Crippen molar-refractivity contribution in [3.63, 3.8) is 0 Å². The molecule has 19 heavy (non-hydrogen) atoms. The number of hydrogen-bond acceptors (Lipinski definition) is 2. The van der Waals surface area contributed by atoms with E-state index in [0.717, 1.165) is 12.3 Å². The van der Waals surface area contributed by atoms with Gasteiger partial charge in [0.1, 0.15) is 5.75 Å². The molecule has 0 fully saturated rings. The van der Waals surface area contributed by atoms with E-state index >= 15 is 0 Å². The molecule has 1 atom stereocenters. The number of rotatable bonds is 5. The molecular weight excluding hydrogens is 234 g/mol. The minimum absolute atomic E-state index is 0.400. The Morgan fingerprint density at radius 3 is 2.63 bits per heavy atom. The summed E-state index contributed by atoms with van der Waals surface area (Å²) in [5.74, 6) is 0.900. The number of hydrogen-bond donors (Lipinski definition) is 1. The van der Waals surface area contributed by atoms with Crippen LogP contribution in [0, 0.1) is 0 Å². The van der Waals surface area contributed by atoms with Crippen molar-refractivity contribution in [3.05, 3.63) is 48.0 Å². The summed E-state index contributed by atoms with van der Waals surface area (Å²) in [5, 5.41) is 5.80. The lowest BCUT2D eigenvalue weighted by molar-refractivity contribution is 0.415. The van der Waals surface area contributed by atoms with Crippen LogP contribution in [-0.4, -0.2) is 19.7 Å². The molecule has 0 saturated heterocycles. The van der Waals surface area contributed by atoms with E-state index in [-0.39, 0.29) is 0 Å². The largest absolute Gasteiger partial charge is 0.497 e. The zero-order valence-corrected chi connectivity index (χ0v) is 11.8. The average Bonchev–Trinajstić information content (AvgIpc) is 2.44. The van der Waals surface area contributed by atoms with Gasteiger partial charge in [-0.1, -0.05) is 37.3 Å². The van der Waals surface area contributed by atoms with Gasteiger partial charge in [0.05, 0.1) is 7.11 Å². The van der Waals surface area contributed by atoms with Gasteiger partial charge >= 0.3 is 0 Å². The van der Waals surface area contributed by atoms with Gasteiger partial charge in [0.15, 0.2) is 0 Å². The van der Waals surface area contributed by atoms with Crippen LogP contribution in [-0.2, 0) is 0 Å². The lowest BCUT2D eigenvalue weighted by Crippen LogP contribution is -2.22. The van der Waals surface area contributed by atoms with Gasteiger partial charge in [-0.05, 0) is 48.0 Å². The van der Waals surface area contributed by atoms with Crippen LogP contribution in [0.4, 0.5) is 0 Å². The van der Waals surface area contributed by atoms with Gasteiger partial charge in [-0.3, -0.25) is 0 Å². The lowest BCUT2D eigenvalue weighted by atomic mass is 10.1. The monoisotopic (exact) mass is 255 g/mol. The Bertz CT molecular complexity index is 574. The maximum absolute atomic E-state index is 5.24. The summed E-state index contributed by atoms with van der Waals surface area (Å²) in [4.78, 5) is 0. The topological polar surface area (TPSA) is 21.3 Å². The Morgan fingerprint density at radius 2 is 1.89 bits per heavy atom. The van der Waals surface area contributed by atoms with Crippen molar-refractivity contribution in [2.45, 2.75) is 19.9 Å². The molecule has 0 aromatic heterocycles. The summed E-state index contributed by atoms with van der Waals surface area (Å²) in [6.07, 6.45) is 4.35. The average molecular weight is 255 g/mol. The molecule has 2 nitrogen and oxygen atoms in total. The molecule has 0 amide bonds. The minimum atomic E-state index is 0.400. The fraction of sp³-hybridized carbons (Fsp3) is 0.294. The van der Waals surface area contributed by atoms with Gasteiger partial charge in [0, 0.05) is 6.04 Å². The quantitative estimate of drug-likeness (QED) is 0.876. The van der Waals surface area contributed by atoms with Crippen molar-refractivity contribution in [1.82, 2.24) is 5.32 Å². The van der Waals surface area contributed by atoms with E-state index in [2.05, 4.69) is 61.6 Å². The van der Waals surface area contributed by atoms with E-state index in [1.165, 1.54) is 16.3 Å². The molecule has 0 spiro atoms. The molecule has 0 aliphatic carbocycles. The Balaban J connectivity index is 2.22. The Hall–Kier alpha value is -1.80. The van der Waals surface area contributed by atoms with E-state index in [0.29, 0.717) is 6.04 Å². The predicted octanol–water partition coefficient (Wildman–Crippen LogP) is 3.86. The zero-order valence-electron chi connectivity index (χ0n) is 11.8. The highest BCUT2D eigenvalue weighted by molar-refractivity contribution is 5.86. The van der Waals surface area contributed by atoms with Crippen molar-refractivity contribution in [3.8, 4) is 5.75 Å². The molecule has 1 unspecified atom stereocenters. The fourth-order valence-electron chi connectivity index (χ4n) is 2.12. The van der Waals surface area contributed by atoms with Gasteiger partial charge in [-0.2, -0.15) is 0 Å². The van der Waals surface area contributed by atoms with Crippen LogP contribution in [0.5, 0.6) is 5.75 Å². The molecule has 0 heterocycles. The summed E-state index contributed by atoms with van der Waals surface area (Å²) in [5.41, 5.74) is 1.22. The van der Waals surface area contributed by atoms with Gasteiger partial charge in [-0.15, -0.1) is 0 Å². The van der Waals surface area contributed by atoms with Crippen LogP contribution in [0.1, 0.15) is 19.4 Å². The number of methoxy groups -OCH3 is 1. The van der Waals surface area contributed by atoms with Crippen LogP contribution < -0.4 is 10.1 Å². The molecule has 1 N–H and O–H groups in total. The van der Waals surface area contributed by atoms with E-state index in [4.69, 9.17) is 4.74 Å². The van der Waals surface area contributed by atoms with Crippen LogP contribution in [0.2, 0.25) is 0 Å². The van der Waals surface area contributed by atoms with Crippen LogP contribution >= 0.6 is 0 Å². The number of nitrogens with one attached hydrogen (secondary N) is 1. The molecule has 2 heteroatoms. The number of benzene rings is 2. The zero-order chi connectivity index (χ0) is 13.7. The van der Waals surface area contributed by atoms with Crippen molar-refractivity contribution in [2.24, 2.45) is 0 Å². The van der Waals surface area contributed by atoms with Crippen molar-refractivity contribution >= 4 is 16.8 Å². The third kappa shape index (κ3) is 3.58. The van der Waals surface area contributed by atoms with Crippen LogP contribution in [0.25, 0.3) is 16.8 Å². The standard InChI is InChI=1S/C17H21NO/c1-4-18-13(2)5-6-14-7-8-16-12-17(19-3)10-9-15(16)11-14/h5-13,18H,4H2,1-3H3/b6-5+. The maximum atomic E-state index is 5.24. The maximum Gasteiger partial charge on any atom is 0.119 e. The lowest BCUT2D eigenvalue weighted by Gasteiger charge is -2.06. The predicted molar refractivity (Wildman–Crippen MR) is 82.7 cm³/mol. The van der Waals surface area contributed by atoms with Gasteiger partial charge in [0.2, 0.25) is 0 Å². The van der Waals surface area contributed by atoms with Crippen LogP contribution in [0.3, 0.4) is 0 Å². The first-order chi connectivity index (χ1) is 9.22. The third-order valence-electron chi connectivity index (χ3n) is 3.17. The second-order valence-corrected chi connectivity index (χ2v) is 4.68. The number of ether oxygens (including phenoxy) is 1. The minimum Gasteiger partial charge on any atom is -0.497 e. The Kier molecular flexibility index (Phi) is 4.58. The molecule has 2 aromatic carbocycles. The second kappa shape index (κ2) is 6.39. The smallest absolute Gasteiger partial charge is 0.119 e. The first kappa shape index (κ1) is 13.6. The molecule has 100 valence electrons. The summed E-state index contributed by atoms with van der Waals surface area (Å²) in [7, 11) is 1.69. The molecule has 0 radical (unpaired) electrons. The van der Waals surface area contributed by atoms with E-state index in [1.54, 1.807) is 7.11 Å². The first-order valence-electron chi connectivity index (χ1n) is 6.72.